The first kappa shape index (κ1) is 19.8. The van der Waals surface area contributed by atoms with Crippen LogP contribution in [0, 0.1) is 18.7 Å². The zero-order valence-electron chi connectivity index (χ0n) is 14.9. The second kappa shape index (κ2) is 9.28. The largest absolute Gasteiger partial charge is 0.486 e. The molecule has 1 aromatic carbocycles. The van der Waals surface area contributed by atoms with Gasteiger partial charge in [0.05, 0.1) is 5.69 Å². The van der Waals surface area contributed by atoms with Crippen LogP contribution in [0.3, 0.4) is 0 Å². The lowest BCUT2D eigenvalue weighted by Gasteiger charge is -2.07. The van der Waals surface area contributed by atoms with Gasteiger partial charge >= 0.3 is 5.97 Å². The minimum atomic E-state index is -0.590. The van der Waals surface area contributed by atoms with Crippen molar-refractivity contribution in [1.29, 1.82) is 0 Å². The number of aromatic nitrogens is 1. The Labute approximate surface area is 155 Å². The molecule has 2 aromatic rings. The van der Waals surface area contributed by atoms with Crippen molar-refractivity contribution in [3.8, 4) is 5.75 Å². The second-order valence-corrected chi connectivity index (χ2v) is 7.12. The summed E-state index contributed by atoms with van der Waals surface area (Å²) in [4.78, 5) is 28.3. The van der Waals surface area contributed by atoms with Gasteiger partial charge < -0.3 is 14.8 Å². The molecule has 0 unspecified atom stereocenters. The molecular weight excluding hydrogens is 359 g/mol. The third-order valence-electron chi connectivity index (χ3n) is 3.24. The maximum absolute atomic E-state index is 12.9. The van der Waals surface area contributed by atoms with E-state index in [2.05, 4.69) is 10.3 Å². The molecule has 1 amide bonds. The molecule has 0 atom stereocenters. The fraction of sp³-hybridized carbons (Fsp3) is 0.389. The van der Waals surface area contributed by atoms with Gasteiger partial charge in [-0.1, -0.05) is 13.8 Å². The highest BCUT2D eigenvalue weighted by atomic mass is 32.1. The number of hydrogen-bond acceptors (Lipinski definition) is 6. The Bertz CT molecular complexity index is 759. The lowest BCUT2D eigenvalue weighted by atomic mass is 10.2. The number of esters is 1. The van der Waals surface area contributed by atoms with E-state index in [9.17, 15) is 14.0 Å². The van der Waals surface area contributed by atoms with Crippen molar-refractivity contribution >= 4 is 23.2 Å². The van der Waals surface area contributed by atoms with Gasteiger partial charge in [-0.2, -0.15) is 0 Å². The van der Waals surface area contributed by atoms with Crippen molar-refractivity contribution in [1.82, 2.24) is 10.3 Å². The molecule has 0 aliphatic carbocycles. The van der Waals surface area contributed by atoms with Crippen molar-refractivity contribution in [3.63, 3.8) is 0 Å². The number of ether oxygens (including phenoxy) is 2. The molecular formula is C18H21FN2O4S. The van der Waals surface area contributed by atoms with E-state index >= 15 is 0 Å². The van der Waals surface area contributed by atoms with Crippen LogP contribution in [0.15, 0.2) is 24.3 Å². The molecule has 0 saturated carbocycles. The molecule has 8 heteroatoms. The molecule has 0 aliphatic heterocycles. The summed E-state index contributed by atoms with van der Waals surface area (Å²) < 4.78 is 23.4. The van der Waals surface area contributed by atoms with Crippen LogP contribution in [0.4, 0.5) is 4.39 Å². The fourth-order valence-electron chi connectivity index (χ4n) is 1.94. The van der Waals surface area contributed by atoms with Crippen LogP contribution < -0.4 is 10.1 Å². The molecule has 0 spiro atoms. The predicted octanol–water partition coefficient (Wildman–Crippen LogP) is 3.10. The van der Waals surface area contributed by atoms with E-state index in [4.69, 9.17) is 9.47 Å². The number of aryl methyl sites for hydroxylation is 1. The van der Waals surface area contributed by atoms with Crippen molar-refractivity contribution in [3.05, 3.63) is 45.7 Å². The van der Waals surface area contributed by atoms with E-state index in [-0.39, 0.29) is 24.9 Å². The minimum absolute atomic E-state index is 0.152. The molecule has 1 heterocycles. The normalized spacial score (nSPS) is 10.7. The van der Waals surface area contributed by atoms with Gasteiger partial charge in [-0.25, -0.2) is 14.2 Å². The van der Waals surface area contributed by atoms with E-state index in [0.717, 1.165) is 11.3 Å². The smallest absolute Gasteiger partial charge is 0.350 e. The van der Waals surface area contributed by atoms with Crippen molar-refractivity contribution in [2.24, 2.45) is 5.92 Å². The van der Waals surface area contributed by atoms with Gasteiger partial charge in [0.15, 0.2) is 6.61 Å². The van der Waals surface area contributed by atoms with Crippen LogP contribution in [0.2, 0.25) is 0 Å². The van der Waals surface area contributed by atoms with Gasteiger partial charge in [0.2, 0.25) is 0 Å². The molecule has 2 rings (SSSR count). The minimum Gasteiger partial charge on any atom is -0.486 e. The molecule has 0 saturated heterocycles. The average Bonchev–Trinajstić information content (AvgIpc) is 2.98. The Morgan fingerprint density at radius 1 is 1.27 bits per heavy atom. The maximum atomic E-state index is 12.9. The quantitative estimate of drug-likeness (QED) is 0.712. The number of nitrogens with zero attached hydrogens (tertiary/aromatic N) is 1. The average molecular weight is 380 g/mol. The third-order valence-corrected chi connectivity index (χ3v) is 4.36. The number of rotatable bonds is 8. The topological polar surface area (TPSA) is 77.5 Å². The van der Waals surface area contributed by atoms with E-state index in [1.807, 2.05) is 13.8 Å². The number of thiazole rings is 1. The van der Waals surface area contributed by atoms with Gasteiger partial charge in [0, 0.05) is 6.54 Å². The first-order chi connectivity index (χ1) is 12.3. The SMILES string of the molecule is Cc1nc(COc2ccc(F)cc2)sc1C(=O)OCC(=O)NCC(C)C. The van der Waals surface area contributed by atoms with Crippen LogP contribution in [-0.2, 0) is 16.1 Å². The highest BCUT2D eigenvalue weighted by Gasteiger charge is 2.18. The highest BCUT2D eigenvalue weighted by Crippen LogP contribution is 2.21. The standard InChI is InChI=1S/C18H21FN2O4S/c1-11(2)8-20-15(22)9-25-18(23)17-12(3)21-16(26-17)10-24-14-6-4-13(19)5-7-14/h4-7,11H,8-10H2,1-3H3,(H,20,22). The van der Waals surface area contributed by atoms with Crippen molar-refractivity contribution in [2.75, 3.05) is 13.2 Å². The third kappa shape index (κ3) is 6.11. The predicted molar refractivity (Wildman–Crippen MR) is 95.7 cm³/mol. The highest BCUT2D eigenvalue weighted by molar-refractivity contribution is 7.13. The van der Waals surface area contributed by atoms with Crippen LogP contribution in [0.25, 0.3) is 0 Å². The number of hydrogen-bond donors (Lipinski definition) is 1. The zero-order chi connectivity index (χ0) is 19.1. The van der Waals surface area contributed by atoms with Crippen LogP contribution in [0.1, 0.15) is 34.2 Å². The summed E-state index contributed by atoms with van der Waals surface area (Å²) in [5.41, 5.74) is 0.514. The van der Waals surface area contributed by atoms with Crippen LogP contribution in [0.5, 0.6) is 5.75 Å². The summed E-state index contributed by atoms with van der Waals surface area (Å²) in [7, 11) is 0. The summed E-state index contributed by atoms with van der Waals surface area (Å²) >= 11 is 1.14. The molecule has 0 aliphatic rings. The van der Waals surface area contributed by atoms with Crippen molar-refractivity contribution in [2.45, 2.75) is 27.4 Å². The molecule has 0 radical (unpaired) electrons. The van der Waals surface area contributed by atoms with Gasteiger partial charge in [-0.3, -0.25) is 4.79 Å². The molecule has 1 N–H and O–H groups in total. The van der Waals surface area contributed by atoms with Crippen LogP contribution >= 0.6 is 11.3 Å². The summed E-state index contributed by atoms with van der Waals surface area (Å²) in [6.07, 6.45) is 0. The Balaban J connectivity index is 1.87. The molecule has 0 bridgehead atoms. The van der Waals surface area contributed by atoms with Crippen molar-refractivity contribution < 1.29 is 23.5 Å². The number of nitrogens with one attached hydrogen (secondary N) is 1. The summed E-state index contributed by atoms with van der Waals surface area (Å²) in [6, 6.07) is 5.63. The van der Waals surface area contributed by atoms with Gasteiger partial charge in [-0.05, 0) is 37.1 Å². The Hall–Kier alpha value is -2.48. The number of carbonyl (C=O) groups excluding carboxylic acids is 2. The molecule has 0 fully saturated rings. The number of halogens is 1. The first-order valence-corrected chi connectivity index (χ1v) is 8.95. The maximum Gasteiger partial charge on any atom is 0.350 e. The lowest BCUT2D eigenvalue weighted by molar-refractivity contribution is -0.124. The molecule has 6 nitrogen and oxygen atoms in total. The number of benzene rings is 1. The summed E-state index contributed by atoms with van der Waals surface area (Å²) in [6.45, 7) is 5.99. The molecule has 140 valence electrons. The monoisotopic (exact) mass is 380 g/mol. The van der Waals surface area contributed by atoms with E-state index in [1.165, 1.54) is 24.3 Å². The number of amides is 1. The summed E-state index contributed by atoms with van der Waals surface area (Å²) in [5.74, 6) is -0.445. The first-order valence-electron chi connectivity index (χ1n) is 8.13. The summed E-state index contributed by atoms with van der Waals surface area (Å²) in [5, 5.41) is 3.26. The van der Waals surface area contributed by atoms with Gasteiger partial charge in [0.1, 0.15) is 28.1 Å². The zero-order valence-corrected chi connectivity index (χ0v) is 15.7. The Morgan fingerprint density at radius 3 is 2.62 bits per heavy atom. The van der Waals surface area contributed by atoms with Gasteiger partial charge in [-0.15, -0.1) is 11.3 Å². The molecule has 1 aromatic heterocycles. The number of carbonyl (C=O) groups is 2. The fourth-order valence-corrected chi connectivity index (χ4v) is 2.82. The van der Waals surface area contributed by atoms with Gasteiger partial charge in [0.25, 0.3) is 5.91 Å². The van der Waals surface area contributed by atoms with E-state index in [0.29, 0.717) is 33.8 Å². The lowest BCUT2D eigenvalue weighted by Crippen LogP contribution is -2.31. The van der Waals surface area contributed by atoms with E-state index < -0.39 is 5.97 Å². The Kier molecular flexibility index (Phi) is 7.08. The van der Waals surface area contributed by atoms with E-state index in [1.54, 1.807) is 6.92 Å². The Morgan fingerprint density at radius 2 is 1.96 bits per heavy atom. The second-order valence-electron chi connectivity index (χ2n) is 6.04. The van der Waals surface area contributed by atoms with Crippen LogP contribution in [-0.4, -0.2) is 30.0 Å². The molecule has 26 heavy (non-hydrogen) atoms.